The molecule has 6 nitrogen and oxygen atoms in total. The molecule has 2 aromatic heterocycles. The van der Waals surface area contributed by atoms with Gasteiger partial charge in [-0.25, -0.2) is 4.79 Å². The number of carbonyl (C=O) groups is 1. The van der Waals surface area contributed by atoms with Gasteiger partial charge in [0.1, 0.15) is 11.5 Å². The van der Waals surface area contributed by atoms with Gasteiger partial charge in [-0.1, -0.05) is 18.2 Å². The molecule has 0 fully saturated rings. The Morgan fingerprint density at radius 2 is 1.42 bits per heavy atom. The van der Waals surface area contributed by atoms with Crippen LogP contribution in [0.1, 0.15) is 27.3 Å². The highest BCUT2D eigenvalue weighted by Gasteiger charge is 2.50. The maximum absolute atomic E-state index is 12.4. The molecule has 6 heteroatoms. The minimum atomic E-state index is -1.32. The van der Waals surface area contributed by atoms with Crippen LogP contribution < -0.4 is 0 Å². The summed E-state index contributed by atoms with van der Waals surface area (Å²) in [4.78, 5) is 20.9. The fraction of sp³-hybridized carbons (Fsp3) is 0.0556. The summed E-state index contributed by atoms with van der Waals surface area (Å²) in [7, 11) is 0. The minimum absolute atomic E-state index is 0.00479. The van der Waals surface area contributed by atoms with Crippen LogP contribution in [0.4, 0.5) is 0 Å². The number of hydrogen-bond donors (Lipinski definition) is 2. The lowest BCUT2D eigenvalue weighted by atomic mass is 9.85. The van der Waals surface area contributed by atoms with Crippen LogP contribution in [0, 0.1) is 0 Å². The number of benzene rings is 1. The summed E-state index contributed by atoms with van der Waals surface area (Å²) in [6.07, 6.45) is 2.57. The van der Waals surface area contributed by atoms with E-state index in [4.69, 9.17) is 4.74 Å². The van der Waals surface area contributed by atoms with Gasteiger partial charge < -0.3 is 14.9 Å². The molecule has 0 atom stereocenters. The number of rotatable bonds is 2. The van der Waals surface area contributed by atoms with Crippen LogP contribution in [0.2, 0.25) is 0 Å². The summed E-state index contributed by atoms with van der Waals surface area (Å²) in [6, 6.07) is 13.1. The Balaban J connectivity index is 2.03. The van der Waals surface area contributed by atoms with E-state index in [9.17, 15) is 15.0 Å². The minimum Gasteiger partial charge on any atom is -0.506 e. The van der Waals surface area contributed by atoms with Crippen molar-refractivity contribution in [1.82, 2.24) is 9.97 Å². The van der Waals surface area contributed by atoms with E-state index >= 15 is 0 Å². The normalized spacial score (nSPS) is 14.9. The predicted octanol–water partition coefficient (Wildman–Crippen LogP) is 2.35. The number of esters is 1. The van der Waals surface area contributed by atoms with Crippen LogP contribution in [0.15, 0.2) is 60.9 Å². The van der Waals surface area contributed by atoms with Gasteiger partial charge in [0.2, 0.25) is 5.60 Å². The van der Waals surface area contributed by atoms with Crippen molar-refractivity contribution in [3.63, 3.8) is 0 Å². The number of cyclic esters (lactones) is 1. The zero-order valence-electron chi connectivity index (χ0n) is 12.4. The molecule has 4 rings (SSSR count). The molecule has 0 amide bonds. The van der Waals surface area contributed by atoms with Gasteiger partial charge in [-0.3, -0.25) is 9.97 Å². The molecule has 0 spiro atoms. The van der Waals surface area contributed by atoms with E-state index in [-0.39, 0.29) is 11.5 Å². The van der Waals surface area contributed by atoms with E-state index in [1.54, 1.807) is 36.4 Å². The second-order valence-electron chi connectivity index (χ2n) is 5.42. The summed E-state index contributed by atoms with van der Waals surface area (Å²) in [5.41, 5.74) is 0.553. The van der Waals surface area contributed by atoms with Gasteiger partial charge in [0.15, 0.2) is 0 Å². The van der Waals surface area contributed by atoms with E-state index in [1.807, 2.05) is 0 Å². The van der Waals surface area contributed by atoms with Crippen molar-refractivity contribution in [3.8, 4) is 11.5 Å². The third-order valence-corrected chi connectivity index (χ3v) is 3.99. The SMILES string of the molecule is O=C1OC(c2ccc(O)cn2)(c2ccc(O)cn2)c2ccccc21. The number of aromatic nitrogens is 2. The van der Waals surface area contributed by atoms with E-state index in [0.717, 1.165) is 0 Å². The molecule has 0 aliphatic carbocycles. The molecule has 2 N–H and O–H groups in total. The van der Waals surface area contributed by atoms with Crippen LogP contribution in [0.3, 0.4) is 0 Å². The van der Waals surface area contributed by atoms with E-state index in [0.29, 0.717) is 22.5 Å². The lowest BCUT2D eigenvalue weighted by Crippen LogP contribution is -2.31. The molecule has 1 aromatic carbocycles. The van der Waals surface area contributed by atoms with Gasteiger partial charge in [0.25, 0.3) is 0 Å². The van der Waals surface area contributed by atoms with E-state index < -0.39 is 11.6 Å². The number of carbonyl (C=O) groups excluding carboxylic acids is 1. The lowest BCUT2D eigenvalue weighted by molar-refractivity contribution is 0.0225. The molecule has 0 bridgehead atoms. The highest BCUT2D eigenvalue weighted by molar-refractivity contribution is 5.96. The average molecular weight is 320 g/mol. The van der Waals surface area contributed by atoms with Crippen LogP contribution in [0.5, 0.6) is 11.5 Å². The van der Waals surface area contributed by atoms with Gasteiger partial charge in [0, 0.05) is 5.56 Å². The Labute approximate surface area is 137 Å². The smallest absolute Gasteiger partial charge is 0.340 e. The van der Waals surface area contributed by atoms with E-state index in [2.05, 4.69) is 9.97 Å². The van der Waals surface area contributed by atoms with Gasteiger partial charge in [-0.15, -0.1) is 0 Å². The van der Waals surface area contributed by atoms with Crippen molar-refractivity contribution in [2.75, 3.05) is 0 Å². The number of nitrogens with zero attached hydrogens (tertiary/aromatic N) is 2. The number of fused-ring (bicyclic) bond motifs is 1. The van der Waals surface area contributed by atoms with Crippen molar-refractivity contribution < 1.29 is 19.7 Å². The quantitative estimate of drug-likeness (QED) is 0.704. The fourth-order valence-corrected chi connectivity index (χ4v) is 2.92. The first kappa shape index (κ1) is 14.2. The molecular weight excluding hydrogens is 308 g/mol. The zero-order valence-corrected chi connectivity index (χ0v) is 12.4. The first-order valence-electron chi connectivity index (χ1n) is 7.25. The third kappa shape index (κ3) is 1.93. The monoisotopic (exact) mass is 320 g/mol. The zero-order chi connectivity index (χ0) is 16.7. The number of hydrogen-bond acceptors (Lipinski definition) is 6. The second kappa shape index (κ2) is 5.06. The molecule has 118 valence electrons. The third-order valence-electron chi connectivity index (χ3n) is 3.99. The predicted molar refractivity (Wildman–Crippen MR) is 83.5 cm³/mol. The van der Waals surface area contributed by atoms with Gasteiger partial charge in [-0.2, -0.15) is 0 Å². The molecule has 1 aliphatic heterocycles. The molecule has 24 heavy (non-hydrogen) atoms. The van der Waals surface area contributed by atoms with Crippen LogP contribution in [-0.4, -0.2) is 26.2 Å². The first-order chi connectivity index (χ1) is 11.6. The molecule has 0 saturated heterocycles. The summed E-state index contributed by atoms with van der Waals surface area (Å²) in [5, 5.41) is 19.0. The van der Waals surface area contributed by atoms with Crippen LogP contribution in [-0.2, 0) is 10.3 Å². The van der Waals surface area contributed by atoms with Gasteiger partial charge >= 0.3 is 5.97 Å². The maximum atomic E-state index is 12.4. The topological polar surface area (TPSA) is 92.5 Å². The standard InChI is InChI=1S/C18H12N2O4/c21-11-5-7-15(19-9-11)18(16-8-6-12(22)10-20-16)14-4-2-1-3-13(14)17(23)24-18/h1-10,21-22H. The summed E-state index contributed by atoms with van der Waals surface area (Å²) < 4.78 is 5.74. The molecule has 0 unspecified atom stereocenters. The molecule has 3 heterocycles. The Morgan fingerprint density at radius 1 is 0.833 bits per heavy atom. The lowest BCUT2D eigenvalue weighted by Gasteiger charge is -2.27. The van der Waals surface area contributed by atoms with Crippen molar-refractivity contribution in [1.29, 1.82) is 0 Å². The summed E-state index contributed by atoms with van der Waals surface area (Å²) in [5.74, 6) is -0.467. The summed E-state index contributed by atoms with van der Waals surface area (Å²) in [6.45, 7) is 0. The highest BCUT2D eigenvalue weighted by Crippen LogP contribution is 2.45. The molecule has 0 radical (unpaired) electrons. The number of pyridine rings is 2. The Morgan fingerprint density at radius 3 is 1.96 bits per heavy atom. The molecule has 3 aromatic rings. The number of aromatic hydroxyl groups is 2. The van der Waals surface area contributed by atoms with Crippen molar-refractivity contribution in [2.24, 2.45) is 0 Å². The molecule has 1 aliphatic rings. The summed E-state index contributed by atoms with van der Waals surface area (Å²) >= 11 is 0. The average Bonchev–Trinajstić information content (AvgIpc) is 2.91. The molecule has 0 saturated carbocycles. The Bertz CT molecular complexity index is 875. The van der Waals surface area contributed by atoms with Crippen molar-refractivity contribution >= 4 is 5.97 Å². The largest absolute Gasteiger partial charge is 0.506 e. The second-order valence-corrected chi connectivity index (χ2v) is 5.42. The van der Waals surface area contributed by atoms with E-state index in [1.165, 1.54) is 24.5 Å². The van der Waals surface area contributed by atoms with Crippen molar-refractivity contribution in [2.45, 2.75) is 5.60 Å². The van der Waals surface area contributed by atoms with Crippen LogP contribution in [0.25, 0.3) is 0 Å². The Hall–Kier alpha value is -3.41. The number of ether oxygens (including phenoxy) is 1. The fourth-order valence-electron chi connectivity index (χ4n) is 2.92. The van der Waals surface area contributed by atoms with Crippen molar-refractivity contribution in [3.05, 3.63) is 83.4 Å². The first-order valence-corrected chi connectivity index (χ1v) is 7.25. The molecular formula is C18H12N2O4. The van der Waals surface area contributed by atoms with Gasteiger partial charge in [0.05, 0.1) is 29.3 Å². The maximum Gasteiger partial charge on any atom is 0.340 e. The van der Waals surface area contributed by atoms with Gasteiger partial charge in [-0.05, 0) is 30.3 Å². The Kier molecular flexibility index (Phi) is 2.99. The van der Waals surface area contributed by atoms with Crippen LogP contribution >= 0.6 is 0 Å². The highest BCUT2D eigenvalue weighted by atomic mass is 16.6.